The van der Waals surface area contributed by atoms with E-state index in [1.807, 2.05) is 12.1 Å². The molecule has 0 spiro atoms. The third kappa shape index (κ3) is 2.23. The molecule has 2 N–H and O–H groups in total. The Bertz CT molecular complexity index is 368. The number of carbonyl (C=O) groups excluding carboxylic acids is 1. The molecule has 1 rings (SSSR count). The standard InChI is InChI=1S/C10H11N3O/c1-12-10(14)8-4-2-3-5-9(8)13-7-6-11/h2-5,13H,7H2,1H3,(H,12,14). The van der Waals surface area contributed by atoms with Crippen LogP contribution in [0.4, 0.5) is 5.69 Å². The number of rotatable bonds is 3. The number of nitriles is 1. The van der Waals surface area contributed by atoms with Gasteiger partial charge >= 0.3 is 0 Å². The molecule has 0 aliphatic carbocycles. The van der Waals surface area contributed by atoms with E-state index >= 15 is 0 Å². The summed E-state index contributed by atoms with van der Waals surface area (Å²) >= 11 is 0. The molecule has 1 aromatic carbocycles. The van der Waals surface area contributed by atoms with Crippen molar-refractivity contribution in [3.05, 3.63) is 29.8 Å². The summed E-state index contributed by atoms with van der Waals surface area (Å²) in [6.45, 7) is 0.188. The molecule has 4 heteroatoms. The van der Waals surface area contributed by atoms with E-state index in [0.717, 1.165) is 0 Å². The Labute approximate surface area is 82.5 Å². The fourth-order valence-electron chi connectivity index (χ4n) is 1.10. The lowest BCUT2D eigenvalue weighted by atomic mass is 10.1. The third-order valence-electron chi connectivity index (χ3n) is 1.76. The minimum Gasteiger partial charge on any atom is -0.372 e. The van der Waals surface area contributed by atoms with Crippen molar-refractivity contribution in [2.45, 2.75) is 0 Å². The van der Waals surface area contributed by atoms with Crippen LogP contribution in [0.3, 0.4) is 0 Å². The van der Waals surface area contributed by atoms with E-state index in [1.54, 1.807) is 25.2 Å². The average Bonchev–Trinajstić information content (AvgIpc) is 2.25. The van der Waals surface area contributed by atoms with Crippen LogP contribution in [0.15, 0.2) is 24.3 Å². The molecule has 0 aliphatic rings. The summed E-state index contributed by atoms with van der Waals surface area (Å²) in [5.74, 6) is -0.161. The zero-order valence-corrected chi connectivity index (χ0v) is 7.87. The molecule has 14 heavy (non-hydrogen) atoms. The molecule has 4 nitrogen and oxygen atoms in total. The third-order valence-corrected chi connectivity index (χ3v) is 1.76. The van der Waals surface area contributed by atoms with E-state index in [1.165, 1.54) is 0 Å². The van der Waals surface area contributed by atoms with E-state index in [0.29, 0.717) is 11.3 Å². The largest absolute Gasteiger partial charge is 0.372 e. The van der Waals surface area contributed by atoms with E-state index in [9.17, 15) is 4.79 Å². The van der Waals surface area contributed by atoms with Crippen molar-refractivity contribution in [2.75, 3.05) is 18.9 Å². The van der Waals surface area contributed by atoms with Crippen LogP contribution >= 0.6 is 0 Å². The van der Waals surface area contributed by atoms with Gasteiger partial charge in [-0.2, -0.15) is 5.26 Å². The lowest BCUT2D eigenvalue weighted by Crippen LogP contribution is -2.19. The van der Waals surface area contributed by atoms with Crippen molar-refractivity contribution in [1.29, 1.82) is 5.26 Å². The van der Waals surface area contributed by atoms with Gasteiger partial charge in [-0.1, -0.05) is 12.1 Å². The summed E-state index contributed by atoms with van der Waals surface area (Å²) < 4.78 is 0. The highest BCUT2D eigenvalue weighted by molar-refractivity contribution is 5.99. The first kappa shape index (κ1) is 10.1. The van der Waals surface area contributed by atoms with Gasteiger partial charge in [0.2, 0.25) is 0 Å². The number of benzene rings is 1. The molecule has 0 unspecified atom stereocenters. The number of hydrogen-bond acceptors (Lipinski definition) is 3. The number of hydrogen-bond donors (Lipinski definition) is 2. The zero-order chi connectivity index (χ0) is 10.4. The number of nitrogens with zero attached hydrogens (tertiary/aromatic N) is 1. The summed E-state index contributed by atoms with van der Waals surface area (Å²) in [4.78, 5) is 11.4. The SMILES string of the molecule is CNC(=O)c1ccccc1NCC#N. The van der Waals surface area contributed by atoms with E-state index in [4.69, 9.17) is 5.26 Å². The molecule has 0 saturated heterocycles. The summed E-state index contributed by atoms with van der Waals surface area (Å²) in [7, 11) is 1.57. The monoisotopic (exact) mass is 189 g/mol. The van der Waals surface area contributed by atoms with Crippen molar-refractivity contribution >= 4 is 11.6 Å². The zero-order valence-electron chi connectivity index (χ0n) is 7.87. The highest BCUT2D eigenvalue weighted by Crippen LogP contribution is 2.13. The van der Waals surface area contributed by atoms with Crippen LogP contribution in [0.25, 0.3) is 0 Å². The maximum absolute atomic E-state index is 11.4. The minimum atomic E-state index is -0.161. The van der Waals surface area contributed by atoms with Gasteiger partial charge < -0.3 is 10.6 Å². The Balaban J connectivity index is 2.92. The van der Waals surface area contributed by atoms with Crippen molar-refractivity contribution in [1.82, 2.24) is 5.32 Å². The minimum absolute atomic E-state index is 0.161. The maximum atomic E-state index is 11.4. The van der Waals surface area contributed by atoms with Gasteiger partial charge in [-0.05, 0) is 12.1 Å². The average molecular weight is 189 g/mol. The Hall–Kier alpha value is -2.02. The van der Waals surface area contributed by atoms with Crippen molar-refractivity contribution in [3.8, 4) is 6.07 Å². The molecule has 1 amide bonds. The van der Waals surface area contributed by atoms with Crippen LogP contribution in [0.5, 0.6) is 0 Å². The first-order chi connectivity index (χ1) is 6.79. The Morgan fingerprint density at radius 2 is 2.21 bits per heavy atom. The summed E-state index contributed by atoms with van der Waals surface area (Å²) in [5.41, 5.74) is 1.22. The van der Waals surface area contributed by atoms with E-state index in [2.05, 4.69) is 10.6 Å². The normalized spacial score (nSPS) is 8.86. The van der Waals surface area contributed by atoms with Gasteiger partial charge in [0, 0.05) is 12.7 Å². The molecule has 0 aromatic heterocycles. The van der Waals surface area contributed by atoms with Crippen LogP contribution in [-0.4, -0.2) is 19.5 Å². The number of nitrogens with one attached hydrogen (secondary N) is 2. The second-order valence-corrected chi connectivity index (χ2v) is 2.64. The van der Waals surface area contributed by atoms with E-state index in [-0.39, 0.29) is 12.5 Å². The quantitative estimate of drug-likeness (QED) is 0.696. The van der Waals surface area contributed by atoms with Gasteiger partial charge in [0.05, 0.1) is 11.6 Å². The number of anilines is 1. The second kappa shape index (κ2) is 4.87. The second-order valence-electron chi connectivity index (χ2n) is 2.64. The Morgan fingerprint density at radius 1 is 1.50 bits per heavy atom. The van der Waals surface area contributed by atoms with Crippen molar-refractivity contribution < 1.29 is 4.79 Å². The fourth-order valence-corrected chi connectivity index (χ4v) is 1.10. The topological polar surface area (TPSA) is 64.9 Å². The maximum Gasteiger partial charge on any atom is 0.253 e. The first-order valence-corrected chi connectivity index (χ1v) is 4.21. The number of carbonyl (C=O) groups is 1. The lowest BCUT2D eigenvalue weighted by molar-refractivity contribution is 0.0964. The number of amides is 1. The molecule has 72 valence electrons. The summed E-state index contributed by atoms with van der Waals surface area (Å²) in [5, 5.41) is 13.8. The predicted octanol–water partition coefficient (Wildman–Crippen LogP) is 0.982. The predicted molar refractivity (Wildman–Crippen MR) is 53.9 cm³/mol. The molecule has 0 heterocycles. The number of para-hydroxylation sites is 1. The first-order valence-electron chi connectivity index (χ1n) is 4.21. The molecular formula is C10H11N3O. The lowest BCUT2D eigenvalue weighted by Gasteiger charge is -2.07. The molecule has 0 saturated carbocycles. The van der Waals surface area contributed by atoms with E-state index < -0.39 is 0 Å². The van der Waals surface area contributed by atoms with Crippen LogP contribution in [0, 0.1) is 11.3 Å². The molecule has 0 radical (unpaired) electrons. The molecular weight excluding hydrogens is 178 g/mol. The van der Waals surface area contributed by atoms with Gasteiger partial charge in [0.1, 0.15) is 6.54 Å². The van der Waals surface area contributed by atoms with Gasteiger partial charge in [-0.3, -0.25) is 4.79 Å². The molecule has 1 aromatic rings. The summed E-state index contributed by atoms with van der Waals surface area (Å²) in [6, 6.07) is 9.02. The molecule has 0 fully saturated rings. The van der Waals surface area contributed by atoms with Crippen molar-refractivity contribution in [2.24, 2.45) is 0 Å². The molecule has 0 aliphatic heterocycles. The highest BCUT2D eigenvalue weighted by atomic mass is 16.1. The van der Waals surface area contributed by atoms with Gasteiger partial charge in [-0.15, -0.1) is 0 Å². The fraction of sp³-hybridized carbons (Fsp3) is 0.200. The Morgan fingerprint density at radius 3 is 2.86 bits per heavy atom. The van der Waals surface area contributed by atoms with Gasteiger partial charge in [0.25, 0.3) is 5.91 Å². The van der Waals surface area contributed by atoms with Crippen molar-refractivity contribution in [3.63, 3.8) is 0 Å². The van der Waals surface area contributed by atoms with Gasteiger partial charge in [-0.25, -0.2) is 0 Å². The molecule has 0 bridgehead atoms. The van der Waals surface area contributed by atoms with Gasteiger partial charge in [0.15, 0.2) is 0 Å². The summed E-state index contributed by atoms with van der Waals surface area (Å²) in [6.07, 6.45) is 0. The Kier molecular flexibility index (Phi) is 3.50. The van der Waals surface area contributed by atoms with Crippen LogP contribution in [0.1, 0.15) is 10.4 Å². The van der Waals surface area contributed by atoms with Crippen LogP contribution < -0.4 is 10.6 Å². The van der Waals surface area contributed by atoms with Crippen LogP contribution in [0.2, 0.25) is 0 Å². The molecule has 0 atom stereocenters. The highest BCUT2D eigenvalue weighted by Gasteiger charge is 2.07. The smallest absolute Gasteiger partial charge is 0.253 e. The van der Waals surface area contributed by atoms with Crippen LogP contribution in [-0.2, 0) is 0 Å².